The Kier molecular flexibility index (Phi) is 4.99. The average molecular weight is 265 g/mol. The molecule has 4 nitrogen and oxygen atoms in total. The Morgan fingerprint density at radius 2 is 2.32 bits per heavy atom. The van der Waals surface area contributed by atoms with Gasteiger partial charge in [-0.2, -0.15) is 0 Å². The van der Waals surface area contributed by atoms with E-state index in [9.17, 15) is 0 Å². The fraction of sp³-hybridized carbons (Fsp3) is 0.800. The number of nitrogens with one attached hydrogen (secondary N) is 1. The smallest absolute Gasteiger partial charge is 0.122 e. The van der Waals surface area contributed by atoms with Gasteiger partial charge in [-0.15, -0.1) is 0 Å². The molecule has 1 unspecified atom stereocenters. The molecule has 1 aliphatic rings. The molecular weight excluding hydrogens is 238 g/mol. The zero-order valence-corrected chi connectivity index (χ0v) is 12.5. The van der Waals surface area contributed by atoms with E-state index in [0.717, 1.165) is 25.5 Å². The van der Waals surface area contributed by atoms with Crippen molar-refractivity contribution in [1.82, 2.24) is 14.9 Å². The standard InChI is InChI=1S/C15H27N3O/c1-15(2,3)17-12-14-16-8-10-18(14)9-4-6-13-7-5-11-19-13/h8,10,13,17H,4-7,9,11-12H2,1-3H3. The maximum Gasteiger partial charge on any atom is 0.122 e. The van der Waals surface area contributed by atoms with Crippen LogP contribution in [0.5, 0.6) is 0 Å². The lowest BCUT2D eigenvalue weighted by molar-refractivity contribution is 0.101. The van der Waals surface area contributed by atoms with Crippen molar-refractivity contribution in [3.05, 3.63) is 18.2 Å². The summed E-state index contributed by atoms with van der Waals surface area (Å²) in [4.78, 5) is 4.44. The first-order valence-corrected chi connectivity index (χ1v) is 7.41. The minimum absolute atomic E-state index is 0.133. The molecule has 108 valence electrons. The van der Waals surface area contributed by atoms with Crippen LogP contribution in [-0.4, -0.2) is 27.8 Å². The first kappa shape index (κ1) is 14.5. The molecule has 19 heavy (non-hydrogen) atoms. The highest BCUT2D eigenvalue weighted by molar-refractivity contribution is 4.93. The van der Waals surface area contributed by atoms with Crippen LogP contribution in [-0.2, 0) is 17.8 Å². The van der Waals surface area contributed by atoms with Crippen LogP contribution in [0, 0.1) is 0 Å². The van der Waals surface area contributed by atoms with E-state index in [4.69, 9.17) is 4.74 Å². The summed E-state index contributed by atoms with van der Waals surface area (Å²) in [5, 5.41) is 3.49. The topological polar surface area (TPSA) is 39.1 Å². The van der Waals surface area contributed by atoms with E-state index in [2.05, 4.69) is 41.8 Å². The molecule has 1 aliphatic heterocycles. The first-order chi connectivity index (χ1) is 9.04. The number of aryl methyl sites for hydroxylation is 1. The zero-order chi connectivity index (χ0) is 13.7. The molecule has 1 aromatic heterocycles. The molecule has 4 heteroatoms. The molecule has 0 spiro atoms. The number of rotatable bonds is 6. The molecule has 1 fully saturated rings. The highest BCUT2D eigenvalue weighted by Gasteiger charge is 2.15. The molecule has 1 saturated heterocycles. The van der Waals surface area contributed by atoms with Crippen LogP contribution >= 0.6 is 0 Å². The van der Waals surface area contributed by atoms with Gasteiger partial charge in [0.1, 0.15) is 5.82 Å². The van der Waals surface area contributed by atoms with E-state index in [1.165, 1.54) is 25.7 Å². The van der Waals surface area contributed by atoms with Crippen molar-refractivity contribution in [3.63, 3.8) is 0 Å². The Balaban J connectivity index is 1.75. The molecule has 0 bridgehead atoms. The second-order valence-electron chi connectivity index (χ2n) is 6.42. The van der Waals surface area contributed by atoms with E-state index >= 15 is 0 Å². The number of aromatic nitrogens is 2. The molecule has 0 aliphatic carbocycles. The predicted molar refractivity (Wildman–Crippen MR) is 77.0 cm³/mol. The summed E-state index contributed by atoms with van der Waals surface area (Å²) in [6.07, 6.45) is 9.29. The van der Waals surface area contributed by atoms with E-state index < -0.39 is 0 Å². The van der Waals surface area contributed by atoms with Crippen molar-refractivity contribution in [2.45, 2.75) is 71.2 Å². The SMILES string of the molecule is CC(C)(C)NCc1nccn1CCCC1CCCO1. The molecule has 0 saturated carbocycles. The lowest BCUT2D eigenvalue weighted by Gasteiger charge is -2.20. The van der Waals surface area contributed by atoms with E-state index in [0.29, 0.717) is 6.10 Å². The quantitative estimate of drug-likeness (QED) is 0.859. The van der Waals surface area contributed by atoms with Gasteiger partial charge in [-0.25, -0.2) is 4.98 Å². The van der Waals surface area contributed by atoms with Crippen LogP contribution in [0.4, 0.5) is 0 Å². The molecule has 2 rings (SSSR count). The summed E-state index contributed by atoms with van der Waals surface area (Å²) < 4.78 is 7.92. The van der Waals surface area contributed by atoms with Gasteiger partial charge in [-0.3, -0.25) is 0 Å². The Morgan fingerprint density at radius 3 is 3.00 bits per heavy atom. The maximum atomic E-state index is 5.66. The third-order valence-corrected chi connectivity index (χ3v) is 3.53. The van der Waals surface area contributed by atoms with Gasteiger partial charge in [0.05, 0.1) is 12.6 Å². The third kappa shape index (κ3) is 4.96. The summed E-state index contributed by atoms with van der Waals surface area (Å²) in [5.74, 6) is 1.13. The number of nitrogens with zero attached hydrogens (tertiary/aromatic N) is 2. The van der Waals surface area contributed by atoms with Crippen molar-refractivity contribution >= 4 is 0 Å². The van der Waals surface area contributed by atoms with Crippen molar-refractivity contribution in [2.75, 3.05) is 6.61 Å². The zero-order valence-electron chi connectivity index (χ0n) is 12.5. The summed E-state index contributed by atoms with van der Waals surface area (Å²) in [6.45, 7) is 9.36. The molecular formula is C15H27N3O. The fourth-order valence-electron chi connectivity index (χ4n) is 2.42. The normalized spacial score (nSPS) is 20.1. The molecule has 2 heterocycles. The average Bonchev–Trinajstić information content (AvgIpc) is 2.96. The number of ether oxygens (including phenoxy) is 1. The van der Waals surface area contributed by atoms with Crippen LogP contribution < -0.4 is 5.32 Å². The molecule has 1 atom stereocenters. The van der Waals surface area contributed by atoms with Gasteiger partial charge in [0, 0.05) is 31.1 Å². The van der Waals surface area contributed by atoms with Crippen LogP contribution in [0.15, 0.2) is 12.4 Å². The summed E-state index contributed by atoms with van der Waals surface area (Å²) >= 11 is 0. The monoisotopic (exact) mass is 265 g/mol. The molecule has 0 aromatic carbocycles. The van der Waals surface area contributed by atoms with E-state index in [1.807, 2.05) is 6.20 Å². The van der Waals surface area contributed by atoms with Crippen molar-refractivity contribution in [1.29, 1.82) is 0 Å². The second-order valence-corrected chi connectivity index (χ2v) is 6.42. The lowest BCUT2D eigenvalue weighted by atomic mass is 10.1. The summed E-state index contributed by atoms with van der Waals surface area (Å²) in [5.41, 5.74) is 0.133. The van der Waals surface area contributed by atoms with Gasteiger partial charge in [-0.05, 0) is 46.5 Å². The third-order valence-electron chi connectivity index (χ3n) is 3.53. The lowest BCUT2D eigenvalue weighted by Crippen LogP contribution is -2.35. The van der Waals surface area contributed by atoms with Crippen LogP contribution in [0.25, 0.3) is 0 Å². The number of hydrogen-bond donors (Lipinski definition) is 1. The van der Waals surface area contributed by atoms with Gasteiger partial charge >= 0.3 is 0 Å². The largest absolute Gasteiger partial charge is 0.378 e. The molecule has 0 amide bonds. The minimum atomic E-state index is 0.133. The second kappa shape index (κ2) is 6.53. The number of hydrogen-bond acceptors (Lipinski definition) is 3. The molecule has 1 aromatic rings. The number of imidazole rings is 1. The van der Waals surface area contributed by atoms with E-state index in [1.54, 1.807) is 0 Å². The van der Waals surface area contributed by atoms with Crippen molar-refractivity contribution < 1.29 is 4.74 Å². The van der Waals surface area contributed by atoms with Crippen LogP contribution in [0.3, 0.4) is 0 Å². The highest BCUT2D eigenvalue weighted by Crippen LogP contribution is 2.17. The van der Waals surface area contributed by atoms with Crippen LogP contribution in [0.1, 0.15) is 52.3 Å². The molecule has 0 radical (unpaired) electrons. The first-order valence-electron chi connectivity index (χ1n) is 7.41. The highest BCUT2D eigenvalue weighted by atomic mass is 16.5. The molecule has 1 N–H and O–H groups in total. The predicted octanol–water partition coefficient (Wildman–Crippen LogP) is 2.73. The minimum Gasteiger partial charge on any atom is -0.378 e. The Morgan fingerprint density at radius 1 is 1.47 bits per heavy atom. The van der Waals surface area contributed by atoms with Gasteiger partial charge in [0.25, 0.3) is 0 Å². The van der Waals surface area contributed by atoms with E-state index in [-0.39, 0.29) is 5.54 Å². The van der Waals surface area contributed by atoms with Gasteiger partial charge < -0.3 is 14.6 Å². The Labute approximate surface area is 116 Å². The van der Waals surface area contributed by atoms with Crippen molar-refractivity contribution in [3.8, 4) is 0 Å². The van der Waals surface area contributed by atoms with Gasteiger partial charge in [0.2, 0.25) is 0 Å². The summed E-state index contributed by atoms with van der Waals surface area (Å²) in [7, 11) is 0. The Bertz CT molecular complexity index is 375. The Hall–Kier alpha value is -0.870. The van der Waals surface area contributed by atoms with Crippen molar-refractivity contribution in [2.24, 2.45) is 0 Å². The summed E-state index contributed by atoms with van der Waals surface area (Å²) in [6, 6.07) is 0. The van der Waals surface area contributed by atoms with Gasteiger partial charge in [-0.1, -0.05) is 0 Å². The van der Waals surface area contributed by atoms with Crippen LogP contribution in [0.2, 0.25) is 0 Å². The van der Waals surface area contributed by atoms with Gasteiger partial charge in [0.15, 0.2) is 0 Å². The maximum absolute atomic E-state index is 5.66. The fourth-order valence-corrected chi connectivity index (χ4v) is 2.42.